The quantitative estimate of drug-likeness (QED) is 0.927. The summed E-state index contributed by atoms with van der Waals surface area (Å²) in [7, 11) is 1.90. The third kappa shape index (κ3) is 2.93. The molecule has 3 unspecified atom stereocenters. The zero-order valence-electron chi connectivity index (χ0n) is 12.1. The number of nitrogens with one attached hydrogen (secondary N) is 1. The summed E-state index contributed by atoms with van der Waals surface area (Å²) in [5.41, 5.74) is 0.343. The minimum absolute atomic E-state index is 0.0867. The maximum atomic E-state index is 13.8. The lowest BCUT2D eigenvalue weighted by atomic mass is 10.0. The van der Waals surface area contributed by atoms with E-state index in [1.165, 1.54) is 6.07 Å². The topological polar surface area (TPSA) is 32.3 Å². The van der Waals surface area contributed by atoms with E-state index in [1.807, 2.05) is 11.9 Å². The molecule has 2 fully saturated rings. The van der Waals surface area contributed by atoms with E-state index in [9.17, 15) is 13.6 Å². The monoisotopic (exact) mass is 294 g/mol. The SMILES string of the molecule is CNC1CCCN(C(=O)C2CC2c2cc(F)ccc2F)C1. The highest BCUT2D eigenvalue weighted by Crippen LogP contribution is 2.49. The highest BCUT2D eigenvalue weighted by Gasteiger charge is 2.47. The molecule has 3 atom stereocenters. The molecule has 1 N–H and O–H groups in total. The molecule has 1 amide bonds. The van der Waals surface area contributed by atoms with Gasteiger partial charge in [-0.3, -0.25) is 4.79 Å². The van der Waals surface area contributed by atoms with Crippen molar-refractivity contribution in [2.45, 2.75) is 31.2 Å². The lowest BCUT2D eigenvalue weighted by molar-refractivity contribution is -0.134. The lowest BCUT2D eigenvalue weighted by Crippen LogP contribution is -2.47. The fraction of sp³-hybridized carbons (Fsp3) is 0.562. The zero-order chi connectivity index (χ0) is 15.0. The van der Waals surface area contributed by atoms with Crippen LogP contribution in [0.5, 0.6) is 0 Å². The number of carbonyl (C=O) groups is 1. The normalized spacial score (nSPS) is 28.5. The number of benzene rings is 1. The Morgan fingerprint density at radius 1 is 1.38 bits per heavy atom. The standard InChI is InChI=1S/C16H20F2N2O/c1-19-11-3-2-6-20(9-11)16(21)14-8-12(14)13-7-10(17)4-5-15(13)18/h4-5,7,11-12,14,19H,2-3,6,8-9H2,1H3. The molecule has 0 radical (unpaired) electrons. The van der Waals surface area contributed by atoms with E-state index in [2.05, 4.69) is 5.32 Å². The minimum Gasteiger partial charge on any atom is -0.341 e. The average Bonchev–Trinajstić information content (AvgIpc) is 3.29. The van der Waals surface area contributed by atoms with Gasteiger partial charge in [-0.05, 0) is 56.0 Å². The van der Waals surface area contributed by atoms with Crippen molar-refractivity contribution >= 4 is 5.91 Å². The van der Waals surface area contributed by atoms with Gasteiger partial charge in [-0.2, -0.15) is 0 Å². The molecule has 5 heteroatoms. The third-order valence-corrected chi connectivity index (χ3v) is 4.61. The summed E-state index contributed by atoms with van der Waals surface area (Å²) in [6, 6.07) is 3.81. The van der Waals surface area contributed by atoms with Gasteiger partial charge in [0.25, 0.3) is 0 Å². The summed E-state index contributed by atoms with van der Waals surface area (Å²) in [6.07, 6.45) is 2.69. The molecule has 1 aliphatic carbocycles. The molecule has 114 valence electrons. The van der Waals surface area contributed by atoms with E-state index < -0.39 is 11.6 Å². The molecule has 3 nitrogen and oxygen atoms in total. The number of rotatable bonds is 3. The largest absolute Gasteiger partial charge is 0.341 e. The van der Waals surface area contributed by atoms with Crippen LogP contribution in [0.15, 0.2) is 18.2 Å². The fourth-order valence-electron chi connectivity index (χ4n) is 3.26. The number of likely N-dealkylation sites (tertiary alicyclic amines) is 1. The van der Waals surface area contributed by atoms with E-state index in [0.717, 1.165) is 31.5 Å². The number of carbonyl (C=O) groups excluding carboxylic acids is 1. The first kappa shape index (κ1) is 14.4. The van der Waals surface area contributed by atoms with Gasteiger partial charge in [0.1, 0.15) is 11.6 Å². The van der Waals surface area contributed by atoms with Crippen LogP contribution in [0.4, 0.5) is 8.78 Å². The van der Waals surface area contributed by atoms with Crippen LogP contribution in [0.1, 0.15) is 30.7 Å². The van der Waals surface area contributed by atoms with Crippen LogP contribution in [-0.2, 0) is 4.79 Å². The Kier molecular flexibility index (Phi) is 3.93. The summed E-state index contributed by atoms with van der Waals surface area (Å²) >= 11 is 0. The van der Waals surface area contributed by atoms with Gasteiger partial charge >= 0.3 is 0 Å². The first-order valence-corrected chi connectivity index (χ1v) is 7.51. The highest BCUT2D eigenvalue weighted by atomic mass is 19.1. The minimum atomic E-state index is -0.447. The fourth-order valence-corrected chi connectivity index (χ4v) is 3.26. The van der Waals surface area contributed by atoms with Gasteiger partial charge in [-0.1, -0.05) is 0 Å². The van der Waals surface area contributed by atoms with Crippen molar-refractivity contribution in [2.75, 3.05) is 20.1 Å². The summed E-state index contributed by atoms with van der Waals surface area (Å²) in [6.45, 7) is 1.48. The van der Waals surface area contributed by atoms with E-state index in [-0.39, 0.29) is 17.7 Å². The molecule has 0 bridgehead atoms. The van der Waals surface area contributed by atoms with Crippen LogP contribution in [-0.4, -0.2) is 37.0 Å². The van der Waals surface area contributed by atoms with Gasteiger partial charge in [0.2, 0.25) is 5.91 Å². The van der Waals surface area contributed by atoms with Gasteiger partial charge in [0, 0.05) is 25.0 Å². The third-order valence-electron chi connectivity index (χ3n) is 4.61. The molecule has 0 aromatic heterocycles. The Morgan fingerprint density at radius 2 is 2.19 bits per heavy atom. The van der Waals surface area contributed by atoms with Crippen molar-refractivity contribution in [2.24, 2.45) is 5.92 Å². The molecule has 2 aliphatic rings. The lowest BCUT2D eigenvalue weighted by Gasteiger charge is -2.32. The number of likely N-dealkylation sites (N-methyl/N-ethyl adjacent to an activating group) is 1. The van der Waals surface area contributed by atoms with Gasteiger partial charge in [-0.15, -0.1) is 0 Å². The molecule has 3 rings (SSSR count). The molecule has 1 aromatic carbocycles. The van der Waals surface area contributed by atoms with Crippen molar-refractivity contribution < 1.29 is 13.6 Å². The highest BCUT2D eigenvalue weighted by molar-refractivity contribution is 5.83. The number of halogens is 2. The van der Waals surface area contributed by atoms with Gasteiger partial charge < -0.3 is 10.2 Å². The van der Waals surface area contributed by atoms with Crippen LogP contribution in [0.3, 0.4) is 0 Å². The Bertz CT molecular complexity index is 549. The van der Waals surface area contributed by atoms with Gasteiger partial charge in [-0.25, -0.2) is 8.78 Å². The molecule has 1 aromatic rings. The van der Waals surface area contributed by atoms with E-state index in [0.29, 0.717) is 24.6 Å². The zero-order valence-corrected chi connectivity index (χ0v) is 12.1. The number of piperidine rings is 1. The van der Waals surface area contributed by atoms with Crippen molar-refractivity contribution in [3.63, 3.8) is 0 Å². The summed E-state index contributed by atoms with van der Waals surface area (Å²) < 4.78 is 27.0. The Balaban J connectivity index is 1.67. The molecule has 0 spiro atoms. The van der Waals surface area contributed by atoms with E-state index >= 15 is 0 Å². The van der Waals surface area contributed by atoms with Gasteiger partial charge in [0.15, 0.2) is 0 Å². The molecular weight excluding hydrogens is 274 g/mol. The van der Waals surface area contributed by atoms with Crippen molar-refractivity contribution in [3.05, 3.63) is 35.4 Å². The van der Waals surface area contributed by atoms with E-state index in [4.69, 9.17) is 0 Å². The van der Waals surface area contributed by atoms with E-state index in [1.54, 1.807) is 0 Å². The summed E-state index contributed by atoms with van der Waals surface area (Å²) in [4.78, 5) is 14.4. The second kappa shape index (κ2) is 5.72. The predicted molar refractivity (Wildman–Crippen MR) is 75.9 cm³/mol. The molecule has 1 saturated carbocycles. The van der Waals surface area contributed by atoms with Gasteiger partial charge in [0.05, 0.1) is 0 Å². The number of nitrogens with zero attached hydrogens (tertiary/aromatic N) is 1. The Hall–Kier alpha value is -1.49. The molecule has 1 saturated heterocycles. The Morgan fingerprint density at radius 3 is 2.95 bits per heavy atom. The van der Waals surface area contributed by atoms with Crippen LogP contribution in [0.2, 0.25) is 0 Å². The van der Waals surface area contributed by atoms with Crippen LogP contribution in [0.25, 0.3) is 0 Å². The average molecular weight is 294 g/mol. The molecule has 1 aliphatic heterocycles. The molecule has 21 heavy (non-hydrogen) atoms. The first-order chi connectivity index (χ1) is 10.1. The van der Waals surface area contributed by atoms with Crippen LogP contribution in [0, 0.1) is 17.6 Å². The Labute approximate surface area is 123 Å². The first-order valence-electron chi connectivity index (χ1n) is 7.51. The maximum Gasteiger partial charge on any atom is 0.226 e. The number of amides is 1. The number of hydrogen-bond donors (Lipinski definition) is 1. The van der Waals surface area contributed by atoms with Crippen LogP contribution >= 0.6 is 0 Å². The molecule has 1 heterocycles. The summed E-state index contributed by atoms with van der Waals surface area (Å²) in [5, 5.41) is 3.20. The second-order valence-corrected chi connectivity index (χ2v) is 6.03. The number of hydrogen-bond acceptors (Lipinski definition) is 2. The predicted octanol–water partition coefficient (Wildman–Crippen LogP) is 2.28. The van der Waals surface area contributed by atoms with Crippen molar-refractivity contribution in [1.82, 2.24) is 10.2 Å². The van der Waals surface area contributed by atoms with Crippen molar-refractivity contribution in [3.8, 4) is 0 Å². The molecular formula is C16H20F2N2O. The smallest absolute Gasteiger partial charge is 0.226 e. The second-order valence-electron chi connectivity index (χ2n) is 6.03. The summed E-state index contributed by atoms with van der Waals surface area (Å²) in [5.74, 6) is -1.12. The maximum absolute atomic E-state index is 13.8. The van der Waals surface area contributed by atoms with Crippen LogP contribution < -0.4 is 5.32 Å². The van der Waals surface area contributed by atoms with Crippen molar-refractivity contribution in [1.29, 1.82) is 0 Å².